The molecule has 3 atom stereocenters. The maximum absolute atomic E-state index is 4.21. The Morgan fingerprint density at radius 3 is 1.50 bits per heavy atom. The molecule has 0 saturated carbocycles. The maximum Gasteiger partial charge on any atom is 0.0270 e. The molecule has 3 aromatic rings. The van der Waals surface area contributed by atoms with Crippen LogP contribution < -0.4 is 0 Å². The number of rotatable bonds is 8. The van der Waals surface area contributed by atoms with Crippen LogP contribution in [0.2, 0.25) is 0 Å². The highest BCUT2D eigenvalue weighted by Crippen LogP contribution is 2.38. The molecule has 0 bridgehead atoms. The summed E-state index contributed by atoms with van der Waals surface area (Å²) in [4.78, 5) is 12.5. The van der Waals surface area contributed by atoms with Gasteiger partial charge in [-0.2, -0.15) is 0 Å². The molecular formula is C23H27N3. The average Bonchev–Trinajstić information content (AvgIpc) is 2.73. The average molecular weight is 345 g/mol. The Balaban J connectivity index is 1.82. The summed E-state index contributed by atoms with van der Waals surface area (Å²) >= 11 is 0. The van der Waals surface area contributed by atoms with Crippen LogP contribution >= 0.6 is 0 Å². The van der Waals surface area contributed by atoms with Gasteiger partial charge in [0, 0.05) is 37.2 Å². The van der Waals surface area contributed by atoms with E-state index in [9.17, 15) is 0 Å². The number of aromatic nitrogens is 3. The minimum atomic E-state index is 0.492. The van der Waals surface area contributed by atoms with Crippen LogP contribution in [0.15, 0.2) is 73.6 Å². The first-order valence-electron chi connectivity index (χ1n) is 9.47. The smallest absolute Gasteiger partial charge is 0.0270 e. The molecule has 0 aromatic carbocycles. The van der Waals surface area contributed by atoms with Crippen molar-refractivity contribution in [3.8, 4) is 0 Å². The quantitative estimate of drug-likeness (QED) is 0.523. The number of hydrogen-bond donors (Lipinski definition) is 0. The molecule has 3 heteroatoms. The minimum Gasteiger partial charge on any atom is -0.265 e. The number of pyridine rings is 3. The third kappa shape index (κ3) is 4.75. The van der Waals surface area contributed by atoms with Crippen molar-refractivity contribution < 1.29 is 0 Å². The van der Waals surface area contributed by atoms with Crippen molar-refractivity contribution in [2.24, 2.45) is 0 Å². The zero-order valence-corrected chi connectivity index (χ0v) is 15.6. The molecule has 3 unspecified atom stereocenters. The molecule has 3 aromatic heterocycles. The first-order valence-corrected chi connectivity index (χ1v) is 9.47. The molecule has 3 heterocycles. The van der Waals surface area contributed by atoms with E-state index < -0.39 is 0 Å². The van der Waals surface area contributed by atoms with Gasteiger partial charge in [0.2, 0.25) is 0 Å². The predicted octanol–water partition coefficient (Wildman–Crippen LogP) is 5.73. The van der Waals surface area contributed by atoms with Crippen molar-refractivity contribution in [1.29, 1.82) is 0 Å². The van der Waals surface area contributed by atoms with Gasteiger partial charge in [-0.05, 0) is 90.1 Å². The molecule has 0 aliphatic rings. The SMILES string of the molecule is CCC(CC(CC(C)c1ccncc1)c1ccncc1)c1ccncc1. The fraction of sp³-hybridized carbons (Fsp3) is 0.348. The van der Waals surface area contributed by atoms with Crippen LogP contribution in [0.5, 0.6) is 0 Å². The summed E-state index contributed by atoms with van der Waals surface area (Å²) in [7, 11) is 0. The summed E-state index contributed by atoms with van der Waals surface area (Å²) in [6, 6.07) is 12.9. The molecular weight excluding hydrogens is 318 g/mol. The lowest BCUT2D eigenvalue weighted by Gasteiger charge is -2.26. The van der Waals surface area contributed by atoms with Crippen molar-refractivity contribution in [1.82, 2.24) is 15.0 Å². The Kier molecular flexibility index (Phi) is 6.48. The molecule has 0 amide bonds. The van der Waals surface area contributed by atoms with Crippen molar-refractivity contribution >= 4 is 0 Å². The molecule has 0 radical (unpaired) electrons. The summed E-state index contributed by atoms with van der Waals surface area (Å²) in [6.45, 7) is 4.60. The summed E-state index contributed by atoms with van der Waals surface area (Å²) in [5, 5.41) is 0. The lowest BCUT2D eigenvalue weighted by molar-refractivity contribution is 0.467. The lowest BCUT2D eigenvalue weighted by Crippen LogP contribution is -2.10. The van der Waals surface area contributed by atoms with E-state index in [1.165, 1.54) is 16.7 Å². The molecule has 0 saturated heterocycles. The largest absolute Gasteiger partial charge is 0.265 e. The Hall–Kier alpha value is -2.55. The number of hydrogen-bond acceptors (Lipinski definition) is 3. The van der Waals surface area contributed by atoms with Crippen molar-refractivity contribution in [3.63, 3.8) is 0 Å². The Bertz CT molecular complexity index is 759. The maximum atomic E-state index is 4.21. The first-order chi connectivity index (χ1) is 12.8. The Labute approximate surface area is 156 Å². The van der Waals surface area contributed by atoms with E-state index in [0.29, 0.717) is 17.8 Å². The molecule has 0 aliphatic carbocycles. The summed E-state index contributed by atoms with van der Waals surface area (Å²) < 4.78 is 0. The van der Waals surface area contributed by atoms with Gasteiger partial charge >= 0.3 is 0 Å². The second-order valence-corrected chi connectivity index (χ2v) is 7.02. The van der Waals surface area contributed by atoms with E-state index >= 15 is 0 Å². The van der Waals surface area contributed by atoms with Gasteiger partial charge in [0.15, 0.2) is 0 Å². The van der Waals surface area contributed by atoms with Crippen molar-refractivity contribution in [2.45, 2.75) is 50.9 Å². The second-order valence-electron chi connectivity index (χ2n) is 7.02. The lowest BCUT2D eigenvalue weighted by atomic mass is 9.79. The fourth-order valence-electron chi connectivity index (χ4n) is 3.78. The number of nitrogens with zero attached hydrogens (tertiary/aromatic N) is 3. The van der Waals surface area contributed by atoms with Crippen LogP contribution in [0.4, 0.5) is 0 Å². The van der Waals surface area contributed by atoms with Gasteiger partial charge in [0.05, 0.1) is 0 Å². The van der Waals surface area contributed by atoms with Crippen molar-refractivity contribution in [2.75, 3.05) is 0 Å². The van der Waals surface area contributed by atoms with Gasteiger partial charge in [-0.15, -0.1) is 0 Å². The second kappa shape index (κ2) is 9.23. The van der Waals surface area contributed by atoms with Gasteiger partial charge in [-0.25, -0.2) is 0 Å². The highest BCUT2D eigenvalue weighted by atomic mass is 14.6. The van der Waals surface area contributed by atoms with Gasteiger partial charge in [0.25, 0.3) is 0 Å². The third-order valence-corrected chi connectivity index (χ3v) is 5.33. The third-order valence-electron chi connectivity index (χ3n) is 5.33. The van der Waals surface area contributed by atoms with Gasteiger partial charge in [-0.1, -0.05) is 13.8 Å². The van der Waals surface area contributed by atoms with E-state index in [-0.39, 0.29) is 0 Å². The molecule has 3 nitrogen and oxygen atoms in total. The highest BCUT2D eigenvalue weighted by Gasteiger charge is 2.21. The molecule has 3 rings (SSSR count). The van der Waals surface area contributed by atoms with Gasteiger partial charge < -0.3 is 0 Å². The van der Waals surface area contributed by atoms with E-state index in [4.69, 9.17) is 0 Å². The molecule has 0 spiro atoms. The first kappa shape index (κ1) is 18.2. The summed E-state index contributed by atoms with van der Waals surface area (Å²) in [6.07, 6.45) is 14.8. The van der Waals surface area contributed by atoms with Crippen LogP contribution in [0.25, 0.3) is 0 Å². The molecule has 0 fully saturated rings. The zero-order chi connectivity index (χ0) is 18.2. The monoisotopic (exact) mass is 345 g/mol. The van der Waals surface area contributed by atoms with Crippen LogP contribution in [-0.4, -0.2) is 15.0 Å². The van der Waals surface area contributed by atoms with Gasteiger partial charge in [-0.3, -0.25) is 15.0 Å². The molecule has 26 heavy (non-hydrogen) atoms. The summed E-state index contributed by atoms with van der Waals surface area (Å²) in [5.41, 5.74) is 4.13. The molecule has 0 aliphatic heterocycles. The normalized spacial score (nSPS) is 14.5. The Morgan fingerprint density at radius 2 is 1.04 bits per heavy atom. The fourth-order valence-corrected chi connectivity index (χ4v) is 3.78. The van der Waals surface area contributed by atoms with E-state index in [1.807, 2.05) is 37.2 Å². The standard InChI is InChI=1S/C23H27N3/c1-3-19(21-6-12-25-13-7-21)17-23(22-8-14-26-15-9-22)16-18(2)20-4-10-24-11-5-20/h4-15,18-19,23H,3,16-17H2,1-2H3. The van der Waals surface area contributed by atoms with E-state index in [0.717, 1.165) is 19.3 Å². The van der Waals surface area contributed by atoms with E-state index in [1.54, 1.807) is 0 Å². The van der Waals surface area contributed by atoms with Crippen LogP contribution in [0.3, 0.4) is 0 Å². The summed E-state index contributed by atoms with van der Waals surface area (Å²) in [5.74, 6) is 1.53. The minimum absolute atomic E-state index is 0.492. The van der Waals surface area contributed by atoms with E-state index in [2.05, 4.69) is 65.2 Å². The Morgan fingerprint density at radius 1 is 0.615 bits per heavy atom. The topological polar surface area (TPSA) is 38.7 Å². The molecule has 134 valence electrons. The highest BCUT2D eigenvalue weighted by molar-refractivity contribution is 5.23. The zero-order valence-electron chi connectivity index (χ0n) is 15.6. The van der Waals surface area contributed by atoms with Crippen molar-refractivity contribution in [3.05, 3.63) is 90.3 Å². The van der Waals surface area contributed by atoms with Crippen LogP contribution in [-0.2, 0) is 0 Å². The predicted molar refractivity (Wildman–Crippen MR) is 106 cm³/mol. The molecule has 0 N–H and O–H groups in total. The van der Waals surface area contributed by atoms with Crippen LogP contribution in [0, 0.1) is 0 Å². The van der Waals surface area contributed by atoms with Gasteiger partial charge in [0.1, 0.15) is 0 Å². The van der Waals surface area contributed by atoms with Crippen LogP contribution in [0.1, 0.15) is 67.6 Å².